The highest BCUT2D eigenvalue weighted by molar-refractivity contribution is 8.02. The summed E-state index contributed by atoms with van der Waals surface area (Å²) in [7, 11) is 0. The first-order valence-electron chi connectivity index (χ1n) is 5.42. The van der Waals surface area contributed by atoms with Gasteiger partial charge < -0.3 is 0 Å². The summed E-state index contributed by atoms with van der Waals surface area (Å²) in [5.74, 6) is 0. The van der Waals surface area contributed by atoms with Crippen LogP contribution in [0.3, 0.4) is 0 Å². The van der Waals surface area contributed by atoms with Crippen molar-refractivity contribution >= 4 is 34.4 Å². The number of rotatable bonds is 3. The Morgan fingerprint density at radius 1 is 0.944 bits per heavy atom. The van der Waals surface area contributed by atoms with Crippen molar-refractivity contribution in [1.29, 1.82) is 0 Å². The van der Waals surface area contributed by atoms with Gasteiger partial charge in [-0.1, -0.05) is 30.3 Å². The average molecular weight is 290 g/mol. The van der Waals surface area contributed by atoms with Crippen LogP contribution in [-0.4, -0.2) is 9.97 Å². The monoisotopic (exact) mass is 290 g/mol. The van der Waals surface area contributed by atoms with Crippen LogP contribution in [0.1, 0.15) is 5.69 Å². The van der Waals surface area contributed by atoms with Crippen molar-refractivity contribution in [3.63, 3.8) is 0 Å². The topological polar surface area (TPSA) is 25.8 Å². The minimum Gasteiger partial charge on any atom is -0.235 e. The predicted molar refractivity (Wildman–Crippen MR) is 78.5 cm³/mol. The van der Waals surface area contributed by atoms with Gasteiger partial charge in [-0.25, -0.2) is 9.97 Å². The molecule has 18 heavy (non-hydrogen) atoms. The van der Waals surface area contributed by atoms with Gasteiger partial charge in [0, 0.05) is 22.0 Å². The Kier molecular flexibility index (Phi) is 3.45. The standard InChI is InChI=1S/C13H10N2S3/c1-9-7-16-12(14-9)18-13-15-11(8-17-13)10-5-3-2-4-6-10/h2-8H,1H3. The van der Waals surface area contributed by atoms with E-state index >= 15 is 0 Å². The summed E-state index contributed by atoms with van der Waals surface area (Å²) in [5, 5.41) is 4.16. The molecule has 0 aliphatic heterocycles. The maximum absolute atomic E-state index is 4.63. The quantitative estimate of drug-likeness (QED) is 0.697. The largest absolute Gasteiger partial charge is 0.235 e. The third-order valence-corrected chi connectivity index (χ3v) is 5.32. The summed E-state index contributed by atoms with van der Waals surface area (Å²) in [6.45, 7) is 2.01. The van der Waals surface area contributed by atoms with Crippen LogP contribution in [0.15, 0.2) is 49.8 Å². The number of hydrogen-bond donors (Lipinski definition) is 0. The maximum atomic E-state index is 4.63. The van der Waals surface area contributed by atoms with Crippen molar-refractivity contribution in [3.05, 3.63) is 46.8 Å². The van der Waals surface area contributed by atoms with Gasteiger partial charge in [-0.15, -0.1) is 22.7 Å². The Morgan fingerprint density at radius 2 is 1.67 bits per heavy atom. The second-order valence-corrected chi connectivity index (χ2v) is 6.93. The number of aryl methyl sites for hydroxylation is 1. The SMILES string of the molecule is Cc1csc(Sc2nc(-c3ccccc3)cs2)n1. The molecule has 0 aliphatic carbocycles. The molecule has 0 radical (unpaired) electrons. The third-order valence-electron chi connectivity index (χ3n) is 2.33. The third kappa shape index (κ3) is 2.63. The van der Waals surface area contributed by atoms with E-state index in [4.69, 9.17) is 0 Å². The van der Waals surface area contributed by atoms with Gasteiger partial charge in [0.1, 0.15) is 0 Å². The van der Waals surface area contributed by atoms with Gasteiger partial charge in [-0.3, -0.25) is 0 Å². The maximum Gasteiger partial charge on any atom is 0.157 e. The predicted octanol–water partition coefficient (Wildman–Crippen LogP) is 4.73. The molecule has 2 heterocycles. The molecule has 0 fully saturated rings. The normalized spacial score (nSPS) is 10.7. The second-order valence-electron chi connectivity index (χ2n) is 3.72. The molecule has 0 amide bonds. The lowest BCUT2D eigenvalue weighted by molar-refractivity contribution is 1.15. The van der Waals surface area contributed by atoms with E-state index in [2.05, 4.69) is 32.9 Å². The van der Waals surface area contributed by atoms with Crippen molar-refractivity contribution in [2.24, 2.45) is 0 Å². The summed E-state index contributed by atoms with van der Waals surface area (Å²) < 4.78 is 2.10. The van der Waals surface area contributed by atoms with E-state index in [-0.39, 0.29) is 0 Å². The van der Waals surface area contributed by atoms with Crippen LogP contribution in [0.5, 0.6) is 0 Å². The molecule has 3 rings (SSSR count). The zero-order chi connectivity index (χ0) is 12.4. The van der Waals surface area contributed by atoms with Gasteiger partial charge in [-0.05, 0) is 18.7 Å². The molecule has 0 saturated carbocycles. The first kappa shape index (κ1) is 11.9. The molecule has 90 valence electrons. The number of hydrogen-bond acceptors (Lipinski definition) is 5. The fourth-order valence-corrected chi connectivity index (χ4v) is 4.36. The molecule has 2 nitrogen and oxygen atoms in total. The van der Waals surface area contributed by atoms with Crippen molar-refractivity contribution in [2.75, 3.05) is 0 Å². The van der Waals surface area contributed by atoms with E-state index in [1.165, 1.54) is 0 Å². The average Bonchev–Trinajstić information content (AvgIpc) is 3.01. The van der Waals surface area contributed by atoms with E-state index < -0.39 is 0 Å². The summed E-state index contributed by atoms with van der Waals surface area (Å²) >= 11 is 4.97. The van der Waals surface area contributed by atoms with Crippen LogP contribution in [0.4, 0.5) is 0 Å². The number of benzene rings is 1. The van der Waals surface area contributed by atoms with Gasteiger partial charge in [0.15, 0.2) is 8.68 Å². The molecule has 0 unspecified atom stereocenters. The van der Waals surface area contributed by atoms with E-state index in [9.17, 15) is 0 Å². The molecular formula is C13H10N2S3. The van der Waals surface area contributed by atoms with Crippen LogP contribution >= 0.6 is 34.4 Å². The molecule has 0 aliphatic rings. The molecule has 5 heteroatoms. The van der Waals surface area contributed by atoms with Gasteiger partial charge >= 0.3 is 0 Å². The van der Waals surface area contributed by atoms with E-state index in [0.29, 0.717) is 0 Å². The van der Waals surface area contributed by atoms with Crippen molar-refractivity contribution in [2.45, 2.75) is 15.6 Å². The molecule has 0 N–H and O–H groups in total. The van der Waals surface area contributed by atoms with Crippen molar-refractivity contribution in [1.82, 2.24) is 9.97 Å². The Morgan fingerprint density at radius 3 is 2.39 bits per heavy atom. The van der Waals surface area contributed by atoms with Gasteiger partial charge in [0.05, 0.1) is 5.69 Å². The van der Waals surface area contributed by atoms with E-state index in [1.54, 1.807) is 34.4 Å². The second kappa shape index (κ2) is 5.22. The Balaban J connectivity index is 1.82. The van der Waals surface area contributed by atoms with E-state index in [0.717, 1.165) is 25.6 Å². The number of thiazole rings is 2. The smallest absolute Gasteiger partial charge is 0.157 e. The molecular weight excluding hydrogens is 280 g/mol. The molecule has 3 aromatic rings. The minimum absolute atomic E-state index is 1.04. The van der Waals surface area contributed by atoms with Crippen LogP contribution < -0.4 is 0 Å². The van der Waals surface area contributed by atoms with Gasteiger partial charge in [0.25, 0.3) is 0 Å². The van der Waals surface area contributed by atoms with Crippen LogP contribution in [0, 0.1) is 6.92 Å². The minimum atomic E-state index is 1.04. The highest BCUT2D eigenvalue weighted by Crippen LogP contribution is 2.34. The zero-order valence-corrected chi connectivity index (χ0v) is 12.1. The molecule has 0 atom stereocenters. The lowest BCUT2D eigenvalue weighted by Crippen LogP contribution is -1.77. The molecule has 2 aromatic heterocycles. The Labute approximate surface area is 118 Å². The highest BCUT2D eigenvalue weighted by Gasteiger charge is 2.07. The number of aromatic nitrogens is 2. The first-order chi connectivity index (χ1) is 8.81. The summed E-state index contributed by atoms with van der Waals surface area (Å²) in [5.41, 5.74) is 3.27. The van der Waals surface area contributed by atoms with Gasteiger partial charge in [0.2, 0.25) is 0 Å². The van der Waals surface area contributed by atoms with Crippen molar-refractivity contribution < 1.29 is 0 Å². The summed E-state index contributed by atoms with van der Waals surface area (Å²) in [6, 6.07) is 10.2. The summed E-state index contributed by atoms with van der Waals surface area (Å²) in [4.78, 5) is 9.07. The number of nitrogens with zero attached hydrogens (tertiary/aromatic N) is 2. The molecule has 0 saturated heterocycles. The molecule has 0 bridgehead atoms. The van der Waals surface area contributed by atoms with Crippen LogP contribution in [0.2, 0.25) is 0 Å². The Bertz CT molecular complexity index is 643. The lowest BCUT2D eigenvalue weighted by Gasteiger charge is -1.94. The highest BCUT2D eigenvalue weighted by atomic mass is 32.2. The molecule has 0 spiro atoms. The van der Waals surface area contributed by atoms with Crippen LogP contribution in [-0.2, 0) is 0 Å². The lowest BCUT2D eigenvalue weighted by atomic mass is 10.2. The zero-order valence-electron chi connectivity index (χ0n) is 9.66. The van der Waals surface area contributed by atoms with E-state index in [1.807, 2.05) is 25.1 Å². The first-order valence-corrected chi connectivity index (χ1v) is 8.00. The fourth-order valence-electron chi connectivity index (χ4n) is 1.50. The Hall–Kier alpha value is -1.17. The summed E-state index contributed by atoms with van der Waals surface area (Å²) in [6.07, 6.45) is 0. The fraction of sp³-hybridized carbons (Fsp3) is 0.0769. The van der Waals surface area contributed by atoms with Crippen LogP contribution in [0.25, 0.3) is 11.3 Å². The molecule has 1 aromatic carbocycles. The van der Waals surface area contributed by atoms with Crippen molar-refractivity contribution in [3.8, 4) is 11.3 Å². The van der Waals surface area contributed by atoms with Gasteiger partial charge in [-0.2, -0.15) is 0 Å².